The van der Waals surface area contributed by atoms with Gasteiger partial charge in [-0.3, -0.25) is 4.79 Å². The minimum Gasteiger partial charge on any atom is -0.487 e. The lowest BCUT2D eigenvalue weighted by atomic mass is 9.77. The van der Waals surface area contributed by atoms with Crippen LogP contribution < -0.4 is 10.1 Å². The monoisotopic (exact) mass is 458 g/mol. The first-order valence-electron chi connectivity index (χ1n) is 12.8. The first kappa shape index (κ1) is 24.3. The second-order valence-electron chi connectivity index (χ2n) is 10.2. The molecule has 0 radical (unpaired) electrons. The van der Waals surface area contributed by atoms with Crippen molar-refractivity contribution in [2.75, 3.05) is 7.05 Å². The molecule has 3 aromatic rings. The Morgan fingerprint density at radius 3 is 2.56 bits per heavy atom. The largest absolute Gasteiger partial charge is 0.487 e. The van der Waals surface area contributed by atoms with Crippen LogP contribution in [0.4, 0.5) is 0 Å². The minimum atomic E-state index is -0.103. The Morgan fingerprint density at radius 1 is 1.03 bits per heavy atom. The van der Waals surface area contributed by atoms with Crippen LogP contribution in [0.5, 0.6) is 5.75 Å². The fourth-order valence-electron chi connectivity index (χ4n) is 5.60. The van der Waals surface area contributed by atoms with Gasteiger partial charge in [-0.25, -0.2) is 4.98 Å². The maximum absolute atomic E-state index is 13.0. The number of hydrogen-bond acceptors (Lipinski definition) is 3. The average molecular weight is 459 g/mol. The van der Waals surface area contributed by atoms with E-state index in [9.17, 15) is 4.79 Å². The molecular formula is C30H38N2O2. The van der Waals surface area contributed by atoms with Crippen LogP contribution in [0.25, 0.3) is 10.9 Å². The van der Waals surface area contributed by atoms with E-state index in [-0.39, 0.29) is 11.8 Å². The number of amides is 1. The highest BCUT2D eigenvalue weighted by molar-refractivity contribution is 5.83. The predicted molar refractivity (Wildman–Crippen MR) is 139 cm³/mol. The molecule has 0 saturated heterocycles. The molecule has 1 aromatic heterocycles. The molecule has 1 fully saturated rings. The molecule has 1 heterocycles. The molecule has 1 aliphatic carbocycles. The van der Waals surface area contributed by atoms with Gasteiger partial charge in [0.1, 0.15) is 12.4 Å². The summed E-state index contributed by atoms with van der Waals surface area (Å²) in [7, 11) is 1.76. The fraction of sp³-hybridized carbons (Fsp3) is 0.467. The summed E-state index contributed by atoms with van der Waals surface area (Å²) in [5.41, 5.74) is 2.97. The molecule has 34 heavy (non-hydrogen) atoms. The van der Waals surface area contributed by atoms with Gasteiger partial charge in [-0.1, -0.05) is 69.5 Å². The number of pyridine rings is 1. The van der Waals surface area contributed by atoms with Crippen molar-refractivity contribution >= 4 is 16.8 Å². The molecule has 1 saturated carbocycles. The SMILES string of the molecule is CNC(=O)C(c1ccc(OCc2ccc3ccccc3n2)cc1)C1CCCCC(CC(C)C)C1. The number of rotatable bonds is 8. The summed E-state index contributed by atoms with van der Waals surface area (Å²) >= 11 is 0. The van der Waals surface area contributed by atoms with Crippen LogP contribution in [-0.2, 0) is 11.4 Å². The van der Waals surface area contributed by atoms with Crippen molar-refractivity contribution < 1.29 is 9.53 Å². The molecule has 0 spiro atoms. The number of likely N-dealkylation sites (N-methyl/N-ethyl adjacent to an activating group) is 1. The smallest absolute Gasteiger partial charge is 0.227 e. The summed E-state index contributed by atoms with van der Waals surface area (Å²) in [5, 5.41) is 4.06. The van der Waals surface area contributed by atoms with Crippen molar-refractivity contribution in [2.24, 2.45) is 17.8 Å². The zero-order valence-corrected chi connectivity index (χ0v) is 20.8. The number of carbonyl (C=O) groups excluding carboxylic acids is 1. The number of carbonyl (C=O) groups is 1. The number of hydrogen-bond donors (Lipinski definition) is 1. The lowest BCUT2D eigenvalue weighted by Gasteiger charge is -2.28. The van der Waals surface area contributed by atoms with Crippen molar-refractivity contribution in [1.82, 2.24) is 10.3 Å². The lowest BCUT2D eigenvalue weighted by molar-refractivity contribution is -0.123. The van der Waals surface area contributed by atoms with Crippen LogP contribution in [0.1, 0.15) is 69.5 Å². The van der Waals surface area contributed by atoms with Crippen LogP contribution in [0, 0.1) is 17.8 Å². The quantitative estimate of drug-likeness (QED) is 0.374. The third kappa shape index (κ3) is 6.16. The Hall–Kier alpha value is -2.88. The Bertz CT molecular complexity index is 1080. The van der Waals surface area contributed by atoms with Gasteiger partial charge in [0.25, 0.3) is 0 Å². The second-order valence-corrected chi connectivity index (χ2v) is 10.2. The number of nitrogens with zero attached hydrogens (tertiary/aromatic N) is 1. The summed E-state index contributed by atoms with van der Waals surface area (Å²) in [6, 6.07) is 20.3. The molecule has 4 heteroatoms. The third-order valence-electron chi connectivity index (χ3n) is 7.16. The van der Waals surface area contributed by atoms with E-state index in [0.29, 0.717) is 18.4 Å². The van der Waals surface area contributed by atoms with E-state index in [1.165, 1.54) is 25.7 Å². The molecule has 4 rings (SSSR count). The Balaban J connectivity index is 1.45. The van der Waals surface area contributed by atoms with E-state index in [4.69, 9.17) is 4.74 Å². The van der Waals surface area contributed by atoms with Crippen molar-refractivity contribution in [3.8, 4) is 5.75 Å². The van der Waals surface area contributed by atoms with Gasteiger partial charge in [-0.2, -0.15) is 0 Å². The summed E-state index contributed by atoms with van der Waals surface area (Å²) in [6.45, 7) is 5.03. The fourth-order valence-corrected chi connectivity index (χ4v) is 5.60. The van der Waals surface area contributed by atoms with Crippen molar-refractivity contribution in [3.63, 3.8) is 0 Å². The summed E-state index contributed by atoms with van der Waals surface area (Å²) < 4.78 is 6.03. The molecule has 0 aliphatic heterocycles. The number of para-hydroxylation sites is 1. The van der Waals surface area contributed by atoms with Crippen molar-refractivity contribution in [3.05, 3.63) is 71.9 Å². The maximum Gasteiger partial charge on any atom is 0.227 e. The molecule has 1 aliphatic rings. The molecular weight excluding hydrogens is 420 g/mol. The van der Waals surface area contributed by atoms with E-state index >= 15 is 0 Å². The number of nitrogens with one attached hydrogen (secondary N) is 1. The maximum atomic E-state index is 13.0. The van der Waals surface area contributed by atoms with E-state index in [2.05, 4.69) is 48.4 Å². The van der Waals surface area contributed by atoms with Crippen LogP contribution in [-0.4, -0.2) is 17.9 Å². The molecule has 3 unspecified atom stereocenters. The second kappa shape index (κ2) is 11.5. The Kier molecular flexibility index (Phi) is 8.21. The molecule has 3 atom stereocenters. The summed E-state index contributed by atoms with van der Waals surface area (Å²) in [6.07, 6.45) is 7.31. The topological polar surface area (TPSA) is 51.2 Å². The molecule has 4 nitrogen and oxygen atoms in total. The van der Waals surface area contributed by atoms with Gasteiger partial charge in [-0.15, -0.1) is 0 Å². The van der Waals surface area contributed by atoms with E-state index in [1.807, 2.05) is 36.4 Å². The lowest BCUT2D eigenvalue weighted by Crippen LogP contribution is -2.31. The minimum absolute atomic E-state index is 0.103. The van der Waals surface area contributed by atoms with Gasteiger partial charge in [0.05, 0.1) is 17.1 Å². The highest BCUT2D eigenvalue weighted by Crippen LogP contribution is 2.40. The third-order valence-corrected chi connectivity index (χ3v) is 7.16. The Morgan fingerprint density at radius 2 is 1.79 bits per heavy atom. The van der Waals surface area contributed by atoms with Gasteiger partial charge in [0.15, 0.2) is 0 Å². The number of fused-ring (bicyclic) bond motifs is 1. The van der Waals surface area contributed by atoms with Gasteiger partial charge < -0.3 is 10.1 Å². The van der Waals surface area contributed by atoms with E-state index in [0.717, 1.165) is 46.7 Å². The molecule has 1 N–H and O–H groups in total. The molecule has 180 valence electrons. The number of benzene rings is 2. The molecule has 0 bridgehead atoms. The zero-order valence-electron chi connectivity index (χ0n) is 20.8. The van der Waals surface area contributed by atoms with Crippen molar-refractivity contribution in [2.45, 2.75) is 64.9 Å². The molecule has 2 aromatic carbocycles. The van der Waals surface area contributed by atoms with Gasteiger partial charge in [-0.05, 0) is 66.8 Å². The average Bonchev–Trinajstić information content (AvgIpc) is 3.08. The van der Waals surface area contributed by atoms with Gasteiger partial charge in [0, 0.05) is 12.4 Å². The van der Waals surface area contributed by atoms with E-state index < -0.39 is 0 Å². The standard InChI is InChI=1S/C30H38N2O2/c1-21(2)18-22-8-4-5-10-25(19-22)29(30(33)31-3)24-13-16-27(17-14-24)34-20-26-15-12-23-9-6-7-11-28(23)32-26/h6-7,9,11-17,21-22,25,29H,4-5,8,10,18-20H2,1-3H3,(H,31,33). The highest BCUT2D eigenvalue weighted by atomic mass is 16.5. The van der Waals surface area contributed by atoms with Crippen LogP contribution in [0.15, 0.2) is 60.7 Å². The first-order chi connectivity index (χ1) is 16.5. The highest BCUT2D eigenvalue weighted by Gasteiger charge is 2.32. The van der Waals surface area contributed by atoms with Crippen LogP contribution in [0.3, 0.4) is 0 Å². The normalized spacial score (nSPS) is 19.5. The van der Waals surface area contributed by atoms with Crippen molar-refractivity contribution in [1.29, 1.82) is 0 Å². The number of ether oxygens (including phenoxy) is 1. The van der Waals surface area contributed by atoms with Crippen LogP contribution >= 0.6 is 0 Å². The summed E-state index contributed by atoms with van der Waals surface area (Å²) in [5.74, 6) is 2.64. The van der Waals surface area contributed by atoms with Crippen LogP contribution in [0.2, 0.25) is 0 Å². The Labute approximate surface area is 204 Å². The summed E-state index contributed by atoms with van der Waals surface area (Å²) in [4.78, 5) is 17.7. The first-order valence-corrected chi connectivity index (χ1v) is 12.8. The van der Waals surface area contributed by atoms with E-state index in [1.54, 1.807) is 7.05 Å². The number of aromatic nitrogens is 1. The van der Waals surface area contributed by atoms with Gasteiger partial charge >= 0.3 is 0 Å². The van der Waals surface area contributed by atoms with Gasteiger partial charge in [0.2, 0.25) is 5.91 Å². The zero-order chi connectivity index (χ0) is 23.9. The predicted octanol–water partition coefficient (Wildman–Crippen LogP) is 6.89. The molecule has 1 amide bonds.